The topological polar surface area (TPSA) is 77.1 Å². The van der Waals surface area contributed by atoms with Crippen LogP contribution in [0.5, 0.6) is 0 Å². The Morgan fingerprint density at radius 3 is 2.75 bits per heavy atom. The van der Waals surface area contributed by atoms with E-state index in [9.17, 15) is 18.8 Å². The second-order valence-corrected chi connectivity index (χ2v) is 5.92. The van der Waals surface area contributed by atoms with Gasteiger partial charge in [0.25, 0.3) is 0 Å². The van der Waals surface area contributed by atoms with E-state index in [0.29, 0.717) is 5.92 Å². The Balaban J connectivity index is 1.79. The first kappa shape index (κ1) is 15.9. The third-order valence-electron chi connectivity index (χ3n) is 4.03. The summed E-state index contributed by atoms with van der Waals surface area (Å²) in [5, 5.41) is 8.29. The van der Waals surface area contributed by atoms with E-state index in [2.05, 4.69) is 14.1 Å². The van der Waals surface area contributed by atoms with Gasteiger partial charge in [0, 0.05) is 7.11 Å². The van der Waals surface area contributed by atoms with Crippen LogP contribution < -0.4 is 5.26 Å². The van der Waals surface area contributed by atoms with E-state index < -0.39 is 23.3 Å². The van der Waals surface area contributed by atoms with Crippen LogP contribution in [0.15, 0.2) is 0 Å². The average Bonchev–Trinajstić information content (AvgIpc) is 3.01. The van der Waals surface area contributed by atoms with Crippen molar-refractivity contribution in [2.45, 2.75) is 30.6 Å². The Morgan fingerprint density at radius 2 is 2.15 bits per heavy atom. The van der Waals surface area contributed by atoms with E-state index in [1.807, 2.05) is 0 Å². The number of ether oxygens (including phenoxy) is 2. The lowest BCUT2D eigenvalue weighted by Crippen LogP contribution is -2.33. The van der Waals surface area contributed by atoms with Crippen LogP contribution in [0.4, 0.5) is 8.78 Å². The summed E-state index contributed by atoms with van der Waals surface area (Å²) < 4.78 is 39.7. The van der Waals surface area contributed by atoms with Crippen LogP contribution >= 0.6 is 12.0 Å². The highest BCUT2D eigenvalue weighted by Gasteiger charge is 2.48. The lowest BCUT2D eigenvalue weighted by Gasteiger charge is -2.28. The third-order valence-corrected chi connectivity index (χ3v) is 4.53. The van der Waals surface area contributed by atoms with Gasteiger partial charge in [-0.3, -0.25) is 5.04 Å². The maximum atomic E-state index is 13.1. The summed E-state index contributed by atoms with van der Waals surface area (Å²) in [6, 6.07) is 0. The second-order valence-electron chi connectivity index (χ2n) is 5.11. The number of methoxy groups -OCH3 is 1. The Kier molecular flexibility index (Phi) is 5.19. The van der Waals surface area contributed by atoms with Gasteiger partial charge in [-0.1, -0.05) is 0 Å². The molecular weight excluding hydrogens is 298 g/mol. The van der Waals surface area contributed by atoms with Crippen molar-refractivity contribution in [2.75, 3.05) is 13.7 Å². The molecule has 0 spiro atoms. The van der Waals surface area contributed by atoms with Crippen LogP contribution in [-0.4, -0.2) is 31.0 Å². The molecule has 20 heavy (non-hydrogen) atoms. The van der Waals surface area contributed by atoms with E-state index in [1.165, 1.54) is 0 Å². The normalized spacial score (nSPS) is 32.6. The van der Waals surface area contributed by atoms with Gasteiger partial charge in [0.15, 0.2) is 0 Å². The van der Waals surface area contributed by atoms with Crippen LogP contribution in [0.2, 0.25) is 0 Å². The highest BCUT2D eigenvalue weighted by Crippen LogP contribution is 2.49. The van der Waals surface area contributed by atoms with Gasteiger partial charge in [-0.15, -0.1) is 0 Å². The SMILES string of the molecule is COC1CC2CC(COC(=O)C(F)(F)SOO[O-])C1C2. The van der Waals surface area contributed by atoms with Gasteiger partial charge in [-0.05, 0) is 37.0 Å². The van der Waals surface area contributed by atoms with Crippen molar-refractivity contribution in [1.29, 1.82) is 0 Å². The second kappa shape index (κ2) is 6.52. The van der Waals surface area contributed by atoms with Gasteiger partial charge in [0.05, 0.1) is 12.7 Å². The summed E-state index contributed by atoms with van der Waals surface area (Å²) in [5.74, 6) is -0.933. The predicted octanol–water partition coefficient (Wildman–Crippen LogP) is 1.06. The molecule has 0 aliphatic heterocycles. The summed E-state index contributed by atoms with van der Waals surface area (Å²) >= 11 is -0.678. The molecule has 2 aliphatic rings. The molecule has 2 aliphatic carbocycles. The molecule has 2 rings (SSSR count). The summed E-state index contributed by atoms with van der Waals surface area (Å²) in [6.07, 6.45) is 2.94. The number of alkyl halides is 2. The zero-order chi connectivity index (χ0) is 14.8. The Morgan fingerprint density at radius 1 is 1.40 bits per heavy atom. The van der Waals surface area contributed by atoms with Gasteiger partial charge in [0.1, 0.15) is 12.0 Å². The molecule has 0 amide bonds. The standard InChI is InChI=1S/C11H16F2O6S/c1-16-9-4-6-2-7(8(9)3-6)5-17-10(14)11(12,13)20-19-18-15/h6-9,15H,2-5H2,1H3/p-1. The predicted molar refractivity (Wildman–Crippen MR) is 60.8 cm³/mol. The summed E-state index contributed by atoms with van der Waals surface area (Å²) in [5.41, 5.74) is 0. The van der Waals surface area contributed by atoms with E-state index in [-0.39, 0.29) is 24.5 Å². The lowest BCUT2D eigenvalue weighted by atomic mass is 9.87. The van der Waals surface area contributed by atoms with Crippen molar-refractivity contribution in [3.05, 3.63) is 0 Å². The highest BCUT2D eigenvalue weighted by molar-refractivity contribution is 7.96. The summed E-state index contributed by atoms with van der Waals surface area (Å²) in [4.78, 5) is 11.2. The first-order chi connectivity index (χ1) is 9.47. The van der Waals surface area contributed by atoms with Crippen LogP contribution in [0.3, 0.4) is 0 Å². The number of hydrogen-bond donors (Lipinski definition) is 0. The highest BCUT2D eigenvalue weighted by atomic mass is 32.2. The fourth-order valence-electron chi connectivity index (χ4n) is 3.25. The Labute approximate surface area is 118 Å². The number of fused-ring (bicyclic) bond motifs is 2. The minimum atomic E-state index is -3.97. The number of carbonyl (C=O) groups excluding carboxylic acids is 1. The largest absolute Gasteiger partial charge is 0.691 e. The van der Waals surface area contributed by atoms with E-state index in [1.54, 1.807) is 7.11 Å². The van der Waals surface area contributed by atoms with Crippen molar-refractivity contribution >= 4 is 18.0 Å². The monoisotopic (exact) mass is 313 g/mol. The minimum absolute atomic E-state index is 0.0418. The zero-order valence-electron chi connectivity index (χ0n) is 10.8. The molecule has 4 atom stereocenters. The molecule has 0 aromatic carbocycles. The number of halogens is 2. The van der Waals surface area contributed by atoms with Crippen molar-refractivity contribution in [3.63, 3.8) is 0 Å². The fourth-order valence-corrected chi connectivity index (χ4v) is 3.49. The summed E-state index contributed by atoms with van der Waals surface area (Å²) in [7, 11) is 1.62. The van der Waals surface area contributed by atoms with Gasteiger partial charge in [-0.2, -0.15) is 13.1 Å². The zero-order valence-corrected chi connectivity index (χ0v) is 11.6. The lowest BCUT2D eigenvalue weighted by molar-refractivity contribution is -0.777. The van der Waals surface area contributed by atoms with Crippen molar-refractivity contribution in [2.24, 2.45) is 17.8 Å². The molecule has 6 nitrogen and oxygen atoms in total. The fraction of sp³-hybridized carbons (Fsp3) is 0.909. The Bertz CT molecular complexity index is 356. The maximum absolute atomic E-state index is 13.1. The molecule has 0 aromatic rings. The number of hydrogen-bond acceptors (Lipinski definition) is 7. The van der Waals surface area contributed by atoms with Crippen LogP contribution in [-0.2, 0) is 23.6 Å². The van der Waals surface area contributed by atoms with E-state index in [4.69, 9.17) is 4.74 Å². The van der Waals surface area contributed by atoms with Gasteiger partial charge in [-0.25, -0.2) is 4.79 Å². The van der Waals surface area contributed by atoms with Crippen LogP contribution in [0.25, 0.3) is 0 Å². The van der Waals surface area contributed by atoms with Crippen LogP contribution in [0, 0.1) is 17.8 Å². The first-order valence-corrected chi connectivity index (χ1v) is 6.94. The molecule has 0 radical (unpaired) electrons. The Hall–Kier alpha value is -0.480. The molecule has 0 heterocycles. The summed E-state index contributed by atoms with van der Waals surface area (Å²) in [6.45, 7) is -0.0752. The van der Waals surface area contributed by atoms with Gasteiger partial charge in [0.2, 0.25) is 0 Å². The number of esters is 1. The maximum Gasteiger partial charge on any atom is 0.415 e. The third kappa shape index (κ3) is 3.40. The van der Waals surface area contributed by atoms with Gasteiger partial charge >= 0.3 is 11.2 Å². The molecule has 4 unspecified atom stereocenters. The molecule has 2 fully saturated rings. The molecule has 0 saturated heterocycles. The molecule has 2 saturated carbocycles. The van der Waals surface area contributed by atoms with Crippen molar-refractivity contribution < 1.29 is 37.7 Å². The molecule has 0 N–H and O–H groups in total. The van der Waals surface area contributed by atoms with E-state index in [0.717, 1.165) is 19.3 Å². The van der Waals surface area contributed by atoms with Gasteiger partial charge < -0.3 is 14.7 Å². The van der Waals surface area contributed by atoms with E-state index >= 15 is 0 Å². The molecule has 2 bridgehead atoms. The molecule has 9 heteroatoms. The van der Waals surface area contributed by atoms with Crippen molar-refractivity contribution in [1.82, 2.24) is 0 Å². The number of carbonyl (C=O) groups is 1. The molecule has 0 aromatic heterocycles. The quantitative estimate of drug-likeness (QED) is 0.301. The average molecular weight is 313 g/mol. The molecular formula is C11H15F2O6S-. The minimum Gasteiger partial charge on any atom is -0.691 e. The molecule has 116 valence electrons. The van der Waals surface area contributed by atoms with Crippen molar-refractivity contribution in [3.8, 4) is 0 Å². The van der Waals surface area contributed by atoms with Crippen LogP contribution in [0.1, 0.15) is 19.3 Å². The number of rotatable bonds is 7. The first-order valence-electron chi connectivity index (χ1n) is 6.20. The smallest absolute Gasteiger partial charge is 0.415 e.